The highest BCUT2D eigenvalue weighted by atomic mass is 19.4. The van der Waals surface area contributed by atoms with E-state index < -0.39 is 11.8 Å². The molecule has 27 heavy (non-hydrogen) atoms. The highest BCUT2D eigenvalue weighted by molar-refractivity contribution is 5.97. The van der Waals surface area contributed by atoms with Crippen LogP contribution in [0.4, 0.5) is 18.9 Å². The predicted molar refractivity (Wildman–Crippen MR) is 103 cm³/mol. The molecule has 0 unspecified atom stereocenters. The van der Waals surface area contributed by atoms with Crippen LogP contribution in [-0.2, 0) is 4.79 Å². The van der Waals surface area contributed by atoms with Gasteiger partial charge in [0.25, 0.3) is 0 Å². The molecule has 0 aliphatic carbocycles. The lowest BCUT2D eigenvalue weighted by Crippen LogP contribution is -2.46. The third-order valence-corrected chi connectivity index (χ3v) is 4.34. The Kier molecular flexibility index (Phi) is 8.63. The molecule has 1 amide bonds. The van der Waals surface area contributed by atoms with Gasteiger partial charge in [-0.1, -0.05) is 66.4 Å². The van der Waals surface area contributed by atoms with Crippen molar-refractivity contribution >= 4 is 11.6 Å². The first-order valence-electron chi connectivity index (χ1n) is 9.69. The zero-order chi connectivity index (χ0) is 20.7. The molecule has 1 rings (SSSR count). The SMILES string of the molecule is CCCCC(CCCC)N(C(=O)C(C)(C)C)c1cccc(OC(F)(F)F)c1. The summed E-state index contributed by atoms with van der Waals surface area (Å²) in [4.78, 5) is 14.9. The van der Waals surface area contributed by atoms with Gasteiger partial charge in [0, 0.05) is 23.2 Å². The zero-order valence-electron chi connectivity index (χ0n) is 17.0. The smallest absolute Gasteiger partial charge is 0.406 e. The second-order valence-corrected chi connectivity index (χ2v) is 7.91. The molecule has 0 spiro atoms. The summed E-state index contributed by atoms with van der Waals surface area (Å²) in [5, 5.41) is 0. The van der Waals surface area contributed by atoms with E-state index in [1.165, 1.54) is 18.2 Å². The number of ether oxygens (including phenoxy) is 1. The Morgan fingerprint density at radius 3 is 2.07 bits per heavy atom. The first kappa shape index (κ1) is 23.3. The van der Waals surface area contributed by atoms with Gasteiger partial charge in [0.1, 0.15) is 5.75 Å². The zero-order valence-corrected chi connectivity index (χ0v) is 17.0. The maximum Gasteiger partial charge on any atom is 0.573 e. The summed E-state index contributed by atoms with van der Waals surface area (Å²) in [7, 11) is 0. The molecule has 0 atom stereocenters. The normalized spacial score (nSPS) is 12.3. The molecule has 0 radical (unpaired) electrons. The number of benzene rings is 1. The van der Waals surface area contributed by atoms with Crippen molar-refractivity contribution in [3.8, 4) is 5.75 Å². The van der Waals surface area contributed by atoms with Crippen molar-refractivity contribution in [3.05, 3.63) is 24.3 Å². The van der Waals surface area contributed by atoms with E-state index >= 15 is 0 Å². The maximum atomic E-state index is 13.2. The first-order chi connectivity index (χ1) is 12.5. The van der Waals surface area contributed by atoms with E-state index in [2.05, 4.69) is 18.6 Å². The van der Waals surface area contributed by atoms with Gasteiger partial charge in [0.05, 0.1) is 0 Å². The van der Waals surface area contributed by atoms with Gasteiger partial charge in [-0.05, 0) is 25.0 Å². The van der Waals surface area contributed by atoms with E-state index in [0.717, 1.165) is 38.5 Å². The van der Waals surface area contributed by atoms with E-state index in [0.29, 0.717) is 5.69 Å². The fraction of sp³-hybridized carbons (Fsp3) is 0.667. The van der Waals surface area contributed by atoms with Gasteiger partial charge >= 0.3 is 6.36 Å². The number of rotatable bonds is 9. The van der Waals surface area contributed by atoms with Gasteiger partial charge in [0.2, 0.25) is 5.91 Å². The number of carbonyl (C=O) groups excluding carboxylic acids is 1. The molecule has 154 valence electrons. The second-order valence-electron chi connectivity index (χ2n) is 7.91. The first-order valence-corrected chi connectivity index (χ1v) is 9.69. The number of nitrogens with zero attached hydrogens (tertiary/aromatic N) is 1. The molecule has 0 saturated heterocycles. The van der Waals surface area contributed by atoms with Crippen LogP contribution in [0.15, 0.2) is 24.3 Å². The Labute approximate surface area is 160 Å². The van der Waals surface area contributed by atoms with Crippen LogP contribution >= 0.6 is 0 Å². The Morgan fingerprint density at radius 2 is 1.63 bits per heavy atom. The Morgan fingerprint density at radius 1 is 1.07 bits per heavy atom. The number of hydrogen-bond acceptors (Lipinski definition) is 2. The summed E-state index contributed by atoms with van der Waals surface area (Å²) < 4.78 is 41.9. The Bertz CT molecular complexity index is 586. The summed E-state index contributed by atoms with van der Waals surface area (Å²) in [5.74, 6) is -0.402. The quantitative estimate of drug-likeness (QED) is 0.471. The molecule has 0 N–H and O–H groups in total. The lowest BCUT2D eigenvalue weighted by molar-refractivity contribution is -0.274. The highest BCUT2D eigenvalue weighted by Gasteiger charge is 2.34. The van der Waals surface area contributed by atoms with Gasteiger partial charge in [-0.2, -0.15) is 0 Å². The topological polar surface area (TPSA) is 29.5 Å². The number of alkyl halides is 3. The molecule has 0 aliphatic heterocycles. The fourth-order valence-corrected chi connectivity index (χ4v) is 2.97. The van der Waals surface area contributed by atoms with Crippen LogP contribution in [-0.4, -0.2) is 18.3 Å². The largest absolute Gasteiger partial charge is 0.573 e. The molecule has 0 heterocycles. The van der Waals surface area contributed by atoms with Gasteiger partial charge in [-0.3, -0.25) is 4.79 Å². The molecule has 0 aromatic heterocycles. The van der Waals surface area contributed by atoms with Crippen LogP contribution in [0.1, 0.15) is 73.1 Å². The standard InChI is InChI=1S/C21H32F3NO2/c1-6-8-11-16(12-9-7-2)25(19(26)20(3,4)5)17-13-10-14-18(15-17)27-21(22,23)24/h10,13-16H,6-9,11-12H2,1-5H3. The summed E-state index contributed by atoms with van der Waals surface area (Å²) in [5.41, 5.74) is -0.189. The minimum atomic E-state index is -4.76. The average Bonchev–Trinajstić information content (AvgIpc) is 2.54. The van der Waals surface area contributed by atoms with Crippen molar-refractivity contribution < 1.29 is 22.7 Å². The Balaban J connectivity index is 3.31. The molecule has 0 saturated carbocycles. The van der Waals surface area contributed by atoms with E-state index in [-0.39, 0.29) is 17.7 Å². The summed E-state index contributed by atoms with van der Waals surface area (Å²) in [6, 6.07) is 5.69. The summed E-state index contributed by atoms with van der Waals surface area (Å²) >= 11 is 0. The van der Waals surface area contributed by atoms with Crippen molar-refractivity contribution in [1.82, 2.24) is 0 Å². The second kappa shape index (κ2) is 10.00. The van der Waals surface area contributed by atoms with E-state index in [9.17, 15) is 18.0 Å². The van der Waals surface area contributed by atoms with Crippen molar-refractivity contribution in [1.29, 1.82) is 0 Å². The molecule has 1 aromatic rings. The van der Waals surface area contributed by atoms with Gasteiger partial charge in [-0.25, -0.2) is 0 Å². The van der Waals surface area contributed by atoms with Gasteiger partial charge < -0.3 is 9.64 Å². The molecule has 0 aliphatic rings. The minimum Gasteiger partial charge on any atom is -0.406 e. The van der Waals surface area contributed by atoms with Gasteiger partial charge in [-0.15, -0.1) is 13.2 Å². The molecular formula is C21H32F3NO2. The number of hydrogen-bond donors (Lipinski definition) is 0. The van der Waals surface area contributed by atoms with Crippen molar-refractivity contribution in [3.63, 3.8) is 0 Å². The number of unbranched alkanes of at least 4 members (excludes halogenated alkanes) is 2. The molecular weight excluding hydrogens is 355 g/mol. The number of halogens is 3. The highest BCUT2D eigenvalue weighted by Crippen LogP contribution is 2.33. The maximum absolute atomic E-state index is 13.2. The van der Waals surface area contributed by atoms with Crippen LogP contribution in [0.3, 0.4) is 0 Å². The van der Waals surface area contributed by atoms with Gasteiger partial charge in [0.15, 0.2) is 0 Å². The lowest BCUT2D eigenvalue weighted by atomic mass is 9.91. The Hall–Kier alpha value is -1.72. The third-order valence-electron chi connectivity index (χ3n) is 4.34. The third kappa shape index (κ3) is 7.81. The number of carbonyl (C=O) groups is 1. The van der Waals surface area contributed by atoms with Crippen molar-refractivity contribution in [2.45, 2.75) is 85.5 Å². The number of anilines is 1. The predicted octanol–water partition coefficient (Wildman–Crippen LogP) is 6.71. The van der Waals surface area contributed by atoms with E-state index in [1.54, 1.807) is 11.0 Å². The van der Waals surface area contributed by atoms with E-state index in [4.69, 9.17) is 0 Å². The summed E-state index contributed by atoms with van der Waals surface area (Å²) in [6.45, 7) is 9.66. The minimum absolute atomic E-state index is 0.0437. The molecule has 0 bridgehead atoms. The van der Waals surface area contributed by atoms with Crippen LogP contribution in [0, 0.1) is 5.41 Å². The van der Waals surface area contributed by atoms with Crippen LogP contribution in [0.25, 0.3) is 0 Å². The molecule has 0 fully saturated rings. The monoisotopic (exact) mass is 387 g/mol. The molecule has 3 nitrogen and oxygen atoms in total. The van der Waals surface area contributed by atoms with Crippen LogP contribution in [0.2, 0.25) is 0 Å². The van der Waals surface area contributed by atoms with Crippen LogP contribution in [0.5, 0.6) is 5.75 Å². The lowest BCUT2D eigenvalue weighted by Gasteiger charge is -2.36. The van der Waals surface area contributed by atoms with Crippen molar-refractivity contribution in [2.24, 2.45) is 5.41 Å². The van der Waals surface area contributed by atoms with Crippen molar-refractivity contribution in [2.75, 3.05) is 4.90 Å². The summed E-state index contributed by atoms with van der Waals surface area (Å²) in [6.07, 6.45) is 0.795. The number of amides is 1. The molecule has 1 aromatic carbocycles. The van der Waals surface area contributed by atoms with Crippen LogP contribution < -0.4 is 9.64 Å². The molecule has 6 heteroatoms. The fourth-order valence-electron chi connectivity index (χ4n) is 2.97. The average molecular weight is 387 g/mol. The van der Waals surface area contributed by atoms with E-state index in [1.807, 2.05) is 20.8 Å².